The number of hydrogen-bond acceptors (Lipinski definition) is 4. The van der Waals surface area contributed by atoms with E-state index < -0.39 is 6.04 Å². The molecule has 0 fully saturated rings. The van der Waals surface area contributed by atoms with Crippen LogP contribution in [0.5, 0.6) is 11.5 Å². The molecule has 0 bridgehead atoms. The standard InChI is InChI=1S/C16H25ClN2O3/c1-5-10(3)14(18)16(20)19-9-11-7-12(17)15(22-6-2)13(8-11)21-4/h7-8,10,14H,5-6,9,18H2,1-4H3,(H,19,20). The molecule has 2 unspecified atom stereocenters. The summed E-state index contributed by atoms with van der Waals surface area (Å²) in [6.45, 7) is 6.68. The van der Waals surface area contributed by atoms with Gasteiger partial charge in [-0.1, -0.05) is 31.9 Å². The Bertz CT molecular complexity index is 508. The summed E-state index contributed by atoms with van der Waals surface area (Å²) in [5, 5.41) is 3.28. The van der Waals surface area contributed by atoms with E-state index in [-0.39, 0.29) is 11.8 Å². The summed E-state index contributed by atoms with van der Waals surface area (Å²) < 4.78 is 10.7. The lowest BCUT2D eigenvalue weighted by molar-refractivity contribution is -0.123. The van der Waals surface area contributed by atoms with Crippen molar-refractivity contribution in [3.8, 4) is 11.5 Å². The van der Waals surface area contributed by atoms with Gasteiger partial charge >= 0.3 is 0 Å². The van der Waals surface area contributed by atoms with Crippen LogP contribution in [0, 0.1) is 5.92 Å². The highest BCUT2D eigenvalue weighted by molar-refractivity contribution is 6.32. The average Bonchev–Trinajstić information content (AvgIpc) is 2.53. The van der Waals surface area contributed by atoms with E-state index in [1.807, 2.05) is 20.8 Å². The molecule has 6 heteroatoms. The van der Waals surface area contributed by atoms with Crippen LogP contribution in [-0.2, 0) is 11.3 Å². The predicted octanol–water partition coefficient (Wildman–Crippen LogP) is 2.74. The molecule has 0 aliphatic rings. The van der Waals surface area contributed by atoms with E-state index in [2.05, 4.69) is 5.32 Å². The van der Waals surface area contributed by atoms with E-state index in [1.54, 1.807) is 19.2 Å². The number of halogens is 1. The van der Waals surface area contributed by atoms with Crippen LogP contribution in [-0.4, -0.2) is 25.7 Å². The van der Waals surface area contributed by atoms with E-state index >= 15 is 0 Å². The fraction of sp³-hybridized carbons (Fsp3) is 0.562. The molecule has 3 N–H and O–H groups in total. The zero-order chi connectivity index (χ0) is 16.7. The number of ether oxygens (including phenoxy) is 2. The van der Waals surface area contributed by atoms with Crippen LogP contribution in [0.2, 0.25) is 5.02 Å². The SMILES string of the molecule is CCOc1c(Cl)cc(CNC(=O)C(N)C(C)CC)cc1OC. The molecule has 2 atom stereocenters. The molecule has 0 aliphatic carbocycles. The van der Waals surface area contributed by atoms with Crippen LogP contribution >= 0.6 is 11.6 Å². The molecule has 1 aromatic rings. The van der Waals surface area contributed by atoms with Crippen molar-refractivity contribution >= 4 is 17.5 Å². The highest BCUT2D eigenvalue weighted by Crippen LogP contribution is 2.36. The minimum Gasteiger partial charge on any atom is -0.493 e. The minimum atomic E-state index is -0.509. The van der Waals surface area contributed by atoms with Crippen LogP contribution < -0.4 is 20.5 Å². The van der Waals surface area contributed by atoms with Gasteiger partial charge in [-0.05, 0) is 30.5 Å². The summed E-state index contributed by atoms with van der Waals surface area (Å²) in [5.41, 5.74) is 6.73. The quantitative estimate of drug-likeness (QED) is 0.769. The summed E-state index contributed by atoms with van der Waals surface area (Å²) >= 11 is 6.20. The van der Waals surface area contributed by atoms with Crippen molar-refractivity contribution in [2.45, 2.75) is 39.8 Å². The number of hydrogen-bond donors (Lipinski definition) is 2. The summed E-state index contributed by atoms with van der Waals surface area (Å²) in [4.78, 5) is 12.0. The third kappa shape index (κ3) is 4.78. The van der Waals surface area contributed by atoms with Gasteiger partial charge in [-0.2, -0.15) is 0 Å². The lowest BCUT2D eigenvalue weighted by atomic mass is 9.99. The zero-order valence-electron chi connectivity index (χ0n) is 13.6. The summed E-state index contributed by atoms with van der Waals surface area (Å²) in [7, 11) is 1.55. The Balaban J connectivity index is 2.78. The van der Waals surface area contributed by atoms with E-state index in [1.165, 1.54) is 0 Å². The Morgan fingerprint density at radius 2 is 2.09 bits per heavy atom. The van der Waals surface area contributed by atoms with Gasteiger partial charge in [-0.15, -0.1) is 0 Å². The first-order chi connectivity index (χ1) is 10.4. The Labute approximate surface area is 137 Å². The molecule has 0 spiro atoms. The van der Waals surface area contributed by atoms with Gasteiger partial charge < -0.3 is 20.5 Å². The average molecular weight is 329 g/mol. The second-order valence-electron chi connectivity index (χ2n) is 5.17. The molecule has 124 valence electrons. The molecule has 0 heterocycles. The van der Waals surface area contributed by atoms with Crippen molar-refractivity contribution in [1.82, 2.24) is 5.32 Å². The van der Waals surface area contributed by atoms with E-state index in [0.717, 1.165) is 12.0 Å². The topological polar surface area (TPSA) is 73.6 Å². The van der Waals surface area contributed by atoms with Crippen molar-refractivity contribution in [2.24, 2.45) is 11.7 Å². The van der Waals surface area contributed by atoms with E-state index in [9.17, 15) is 4.79 Å². The normalized spacial score (nSPS) is 13.4. The van der Waals surface area contributed by atoms with E-state index in [4.69, 9.17) is 26.8 Å². The first kappa shape index (κ1) is 18.6. The van der Waals surface area contributed by atoms with Crippen LogP contribution in [0.3, 0.4) is 0 Å². The number of nitrogens with two attached hydrogens (primary N) is 1. The van der Waals surface area contributed by atoms with E-state index in [0.29, 0.717) is 29.7 Å². The van der Waals surface area contributed by atoms with Crippen molar-refractivity contribution in [2.75, 3.05) is 13.7 Å². The Morgan fingerprint density at radius 1 is 1.41 bits per heavy atom. The molecule has 0 saturated carbocycles. The molecule has 1 aromatic carbocycles. The van der Waals surface area contributed by atoms with Gasteiger partial charge in [0.05, 0.1) is 24.8 Å². The van der Waals surface area contributed by atoms with Gasteiger partial charge in [0.1, 0.15) is 0 Å². The number of nitrogens with one attached hydrogen (secondary N) is 1. The molecule has 22 heavy (non-hydrogen) atoms. The second kappa shape index (κ2) is 8.86. The maximum Gasteiger partial charge on any atom is 0.237 e. The van der Waals surface area contributed by atoms with Gasteiger partial charge in [0.15, 0.2) is 11.5 Å². The number of benzene rings is 1. The maximum absolute atomic E-state index is 12.0. The third-order valence-corrected chi connectivity index (χ3v) is 3.89. The Hall–Kier alpha value is -1.46. The monoisotopic (exact) mass is 328 g/mol. The third-order valence-electron chi connectivity index (χ3n) is 3.60. The fourth-order valence-corrected chi connectivity index (χ4v) is 2.27. The van der Waals surface area contributed by atoms with Gasteiger partial charge in [-0.25, -0.2) is 0 Å². The van der Waals surface area contributed by atoms with Gasteiger partial charge in [-0.3, -0.25) is 4.79 Å². The molecule has 0 aliphatic heterocycles. The summed E-state index contributed by atoms with van der Waals surface area (Å²) in [6, 6.07) is 3.04. The molecule has 0 radical (unpaired) electrons. The number of rotatable bonds is 8. The number of amides is 1. The van der Waals surface area contributed by atoms with Crippen LogP contribution in [0.4, 0.5) is 0 Å². The fourth-order valence-electron chi connectivity index (χ4n) is 1.98. The Morgan fingerprint density at radius 3 is 2.64 bits per heavy atom. The van der Waals surface area contributed by atoms with Gasteiger partial charge in [0, 0.05) is 6.54 Å². The molecule has 1 rings (SSSR count). The largest absolute Gasteiger partial charge is 0.493 e. The van der Waals surface area contributed by atoms with Crippen LogP contribution in [0.1, 0.15) is 32.8 Å². The first-order valence-corrected chi connectivity index (χ1v) is 7.84. The van der Waals surface area contributed by atoms with Gasteiger partial charge in [0.2, 0.25) is 5.91 Å². The number of carbonyl (C=O) groups is 1. The highest BCUT2D eigenvalue weighted by Gasteiger charge is 2.19. The first-order valence-electron chi connectivity index (χ1n) is 7.47. The lowest BCUT2D eigenvalue weighted by Gasteiger charge is -2.18. The molecular weight excluding hydrogens is 304 g/mol. The zero-order valence-corrected chi connectivity index (χ0v) is 14.4. The summed E-state index contributed by atoms with van der Waals surface area (Å²) in [5.74, 6) is 1.03. The van der Waals surface area contributed by atoms with Crippen molar-refractivity contribution in [3.05, 3.63) is 22.7 Å². The molecule has 5 nitrogen and oxygen atoms in total. The number of carbonyl (C=O) groups excluding carboxylic acids is 1. The van der Waals surface area contributed by atoms with Crippen molar-refractivity contribution in [1.29, 1.82) is 0 Å². The molecule has 0 saturated heterocycles. The van der Waals surface area contributed by atoms with Crippen molar-refractivity contribution in [3.63, 3.8) is 0 Å². The number of methoxy groups -OCH3 is 1. The minimum absolute atomic E-state index is 0.137. The van der Waals surface area contributed by atoms with Crippen LogP contribution in [0.25, 0.3) is 0 Å². The summed E-state index contributed by atoms with van der Waals surface area (Å²) in [6.07, 6.45) is 0.858. The lowest BCUT2D eigenvalue weighted by Crippen LogP contribution is -2.44. The Kier molecular flexibility index (Phi) is 7.48. The second-order valence-corrected chi connectivity index (χ2v) is 5.58. The predicted molar refractivity (Wildman–Crippen MR) is 88.5 cm³/mol. The molecular formula is C16H25ClN2O3. The highest BCUT2D eigenvalue weighted by atomic mass is 35.5. The smallest absolute Gasteiger partial charge is 0.237 e. The molecule has 1 amide bonds. The van der Waals surface area contributed by atoms with Crippen molar-refractivity contribution < 1.29 is 14.3 Å². The molecule has 0 aromatic heterocycles. The van der Waals surface area contributed by atoms with Gasteiger partial charge in [0.25, 0.3) is 0 Å². The van der Waals surface area contributed by atoms with Crippen LogP contribution in [0.15, 0.2) is 12.1 Å². The maximum atomic E-state index is 12.0.